The molecule has 0 spiro atoms. The molecule has 0 atom stereocenters. The number of hydrogen-bond donors (Lipinski definition) is 1. The molecular weight excluding hydrogens is 196 g/mol. The first-order valence-electron chi connectivity index (χ1n) is 4.54. The van der Waals surface area contributed by atoms with Crippen LogP contribution in [0.5, 0.6) is 11.5 Å². The van der Waals surface area contributed by atoms with E-state index in [1.54, 1.807) is 18.4 Å². The first kappa shape index (κ1) is 9.34. The van der Waals surface area contributed by atoms with E-state index in [1.807, 2.05) is 24.4 Å². The second-order valence-electron chi connectivity index (χ2n) is 3.10. The Morgan fingerprint density at radius 3 is 2.93 bits per heavy atom. The fraction of sp³-hybridized carbons (Fsp3) is 0.273. The van der Waals surface area contributed by atoms with E-state index in [1.165, 1.54) is 0 Å². The van der Waals surface area contributed by atoms with Crippen LogP contribution in [0.4, 0.5) is 0 Å². The van der Waals surface area contributed by atoms with Crippen LogP contribution in [0.25, 0.3) is 10.1 Å². The van der Waals surface area contributed by atoms with Crippen molar-refractivity contribution in [1.29, 1.82) is 0 Å². The zero-order valence-corrected chi connectivity index (χ0v) is 9.02. The Morgan fingerprint density at radius 2 is 2.29 bits per heavy atom. The van der Waals surface area contributed by atoms with Crippen LogP contribution >= 0.6 is 11.3 Å². The monoisotopic (exact) mass is 208 g/mol. The van der Waals surface area contributed by atoms with Gasteiger partial charge in [0.25, 0.3) is 0 Å². The van der Waals surface area contributed by atoms with Gasteiger partial charge < -0.3 is 9.84 Å². The topological polar surface area (TPSA) is 29.5 Å². The molecule has 0 aliphatic carbocycles. The van der Waals surface area contributed by atoms with Gasteiger partial charge in [-0.3, -0.25) is 0 Å². The van der Waals surface area contributed by atoms with Gasteiger partial charge in [0.15, 0.2) is 0 Å². The Hall–Kier alpha value is -1.22. The summed E-state index contributed by atoms with van der Waals surface area (Å²) >= 11 is 1.56. The third kappa shape index (κ3) is 1.24. The number of rotatable bonds is 2. The van der Waals surface area contributed by atoms with Gasteiger partial charge in [-0.2, -0.15) is 0 Å². The van der Waals surface area contributed by atoms with Gasteiger partial charge in [0.2, 0.25) is 0 Å². The molecule has 0 aliphatic heterocycles. The van der Waals surface area contributed by atoms with Crippen molar-refractivity contribution in [1.82, 2.24) is 0 Å². The van der Waals surface area contributed by atoms with Crippen LogP contribution in [0.2, 0.25) is 0 Å². The number of aromatic hydroxyl groups is 1. The molecule has 1 N–H and O–H groups in total. The molecule has 14 heavy (non-hydrogen) atoms. The molecule has 0 saturated heterocycles. The molecule has 74 valence electrons. The molecule has 0 unspecified atom stereocenters. The highest BCUT2D eigenvalue weighted by Crippen LogP contribution is 2.39. The summed E-state index contributed by atoms with van der Waals surface area (Å²) in [6, 6.07) is 3.96. The quantitative estimate of drug-likeness (QED) is 0.821. The van der Waals surface area contributed by atoms with Crippen molar-refractivity contribution in [2.45, 2.75) is 13.3 Å². The van der Waals surface area contributed by atoms with E-state index in [0.29, 0.717) is 5.75 Å². The van der Waals surface area contributed by atoms with Gasteiger partial charge >= 0.3 is 0 Å². The van der Waals surface area contributed by atoms with Crippen LogP contribution in [0.15, 0.2) is 17.5 Å². The predicted octanol–water partition coefficient (Wildman–Crippen LogP) is 3.18. The lowest BCUT2D eigenvalue weighted by atomic mass is 10.1. The maximum atomic E-state index is 9.98. The Labute approximate surface area is 86.8 Å². The summed E-state index contributed by atoms with van der Waals surface area (Å²) in [4.78, 5) is 0. The third-order valence-corrected chi connectivity index (χ3v) is 3.29. The molecule has 0 bridgehead atoms. The Bertz CT molecular complexity index is 460. The predicted molar refractivity (Wildman–Crippen MR) is 59.4 cm³/mol. The standard InChI is InChI=1S/C11H12O2S/c1-3-8-9(13-2)6-7-4-5-14-11(7)10(8)12/h4-6,12H,3H2,1-2H3. The highest BCUT2D eigenvalue weighted by Gasteiger charge is 2.12. The summed E-state index contributed by atoms with van der Waals surface area (Å²) in [6.45, 7) is 2.01. The van der Waals surface area contributed by atoms with Crippen molar-refractivity contribution in [3.8, 4) is 11.5 Å². The van der Waals surface area contributed by atoms with Crippen molar-refractivity contribution in [3.63, 3.8) is 0 Å². The number of hydrogen-bond acceptors (Lipinski definition) is 3. The number of methoxy groups -OCH3 is 1. The van der Waals surface area contributed by atoms with E-state index in [9.17, 15) is 5.11 Å². The van der Waals surface area contributed by atoms with E-state index in [4.69, 9.17) is 4.74 Å². The van der Waals surface area contributed by atoms with Crippen molar-refractivity contribution in [2.75, 3.05) is 7.11 Å². The molecule has 0 aliphatic rings. The number of phenolic OH excluding ortho intramolecular Hbond substituents is 1. The third-order valence-electron chi connectivity index (χ3n) is 2.35. The molecule has 2 nitrogen and oxygen atoms in total. The average molecular weight is 208 g/mol. The van der Waals surface area contributed by atoms with E-state index in [-0.39, 0.29) is 0 Å². The van der Waals surface area contributed by atoms with Gasteiger partial charge in [0.05, 0.1) is 11.8 Å². The Balaban J connectivity index is 2.79. The van der Waals surface area contributed by atoms with E-state index in [2.05, 4.69) is 0 Å². The summed E-state index contributed by atoms with van der Waals surface area (Å²) in [6.07, 6.45) is 0.781. The fourth-order valence-corrected chi connectivity index (χ4v) is 2.48. The largest absolute Gasteiger partial charge is 0.506 e. The zero-order chi connectivity index (χ0) is 10.1. The summed E-state index contributed by atoms with van der Waals surface area (Å²) in [5.41, 5.74) is 0.891. The fourth-order valence-electron chi connectivity index (χ4n) is 1.63. The van der Waals surface area contributed by atoms with Crippen LogP contribution in [-0.4, -0.2) is 12.2 Å². The van der Waals surface area contributed by atoms with Gasteiger partial charge in [-0.1, -0.05) is 6.92 Å². The van der Waals surface area contributed by atoms with Crippen molar-refractivity contribution >= 4 is 21.4 Å². The number of fused-ring (bicyclic) bond motifs is 1. The van der Waals surface area contributed by atoms with Crippen LogP contribution in [0, 0.1) is 0 Å². The van der Waals surface area contributed by atoms with Gasteiger partial charge in [0.1, 0.15) is 11.5 Å². The number of thiophene rings is 1. The van der Waals surface area contributed by atoms with Gasteiger partial charge in [-0.25, -0.2) is 0 Å². The highest BCUT2D eigenvalue weighted by molar-refractivity contribution is 7.17. The zero-order valence-electron chi connectivity index (χ0n) is 8.20. The number of benzene rings is 1. The molecule has 3 heteroatoms. The second kappa shape index (κ2) is 3.50. The molecular formula is C11H12O2S. The minimum atomic E-state index is 0.372. The molecule has 1 aromatic carbocycles. The minimum absolute atomic E-state index is 0.372. The number of ether oxygens (including phenoxy) is 1. The SMILES string of the molecule is CCc1c(OC)cc2ccsc2c1O. The molecule has 1 aromatic heterocycles. The molecule has 2 rings (SSSR count). The molecule has 0 radical (unpaired) electrons. The molecule has 0 fully saturated rings. The van der Waals surface area contributed by atoms with Crippen LogP contribution in [-0.2, 0) is 6.42 Å². The van der Waals surface area contributed by atoms with Gasteiger partial charge in [-0.15, -0.1) is 11.3 Å². The number of phenols is 1. The first-order chi connectivity index (χ1) is 6.77. The first-order valence-corrected chi connectivity index (χ1v) is 5.42. The van der Waals surface area contributed by atoms with Crippen molar-refractivity contribution in [2.24, 2.45) is 0 Å². The lowest BCUT2D eigenvalue weighted by Gasteiger charge is -2.09. The molecule has 0 saturated carbocycles. The minimum Gasteiger partial charge on any atom is -0.506 e. The maximum absolute atomic E-state index is 9.98. The van der Waals surface area contributed by atoms with Crippen LogP contribution < -0.4 is 4.74 Å². The van der Waals surface area contributed by atoms with Gasteiger partial charge in [0, 0.05) is 5.56 Å². The molecule has 0 amide bonds. The summed E-state index contributed by atoms with van der Waals surface area (Å²) in [5.74, 6) is 1.15. The Kier molecular flexibility index (Phi) is 2.33. The summed E-state index contributed by atoms with van der Waals surface area (Å²) in [7, 11) is 1.63. The average Bonchev–Trinajstić information content (AvgIpc) is 2.65. The summed E-state index contributed by atoms with van der Waals surface area (Å²) in [5, 5.41) is 13.0. The van der Waals surface area contributed by atoms with Crippen molar-refractivity contribution in [3.05, 3.63) is 23.1 Å². The van der Waals surface area contributed by atoms with Crippen molar-refractivity contribution < 1.29 is 9.84 Å². The Morgan fingerprint density at radius 1 is 1.50 bits per heavy atom. The van der Waals surface area contributed by atoms with Crippen LogP contribution in [0.3, 0.4) is 0 Å². The molecule has 2 aromatic rings. The second-order valence-corrected chi connectivity index (χ2v) is 4.01. The van der Waals surface area contributed by atoms with Crippen LogP contribution in [0.1, 0.15) is 12.5 Å². The normalized spacial score (nSPS) is 10.7. The lowest BCUT2D eigenvalue weighted by Crippen LogP contribution is -1.90. The maximum Gasteiger partial charge on any atom is 0.140 e. The lowest BCUT2D eigenvalue weighted by molar-refractivity contribution is 0.402. The smallest absolute Gasteiger partial charge is 0.140 e. The van der Waals surface area contributed by atoms with Gasteiger partial charge in [-0.05, 0) is 29.3 Å². The van der Waals surface area contributed by atoms with E-state index < -0.39 is 0 Å². The molecule has 1 heterocycles. The van der Waals surface area contributed by atoms with E-state index in [0.717, 1.165) is 27.8 Å². The van der Waals surface area contributed by atoms with E-state index >= 15 is 0 Å². The summed E-state index contributed by atoms with van der Waals surface area (Å²) < 4.78 is 6.19. The highest BCUT2D eigenvalue weighted by atomic mass is 32.1.